The third-order valence-electron chi connectivity index (χ3n) is 2.18. The van der Waals surface area contributed by atoms with Gasteiger partial charge in [0.1, 0.15) is 0 Å². The van der Waals surface area contributed by atoms with Gasteiger partial charge in [0.25, 0.3) is 0 Å². The van der Waals surface area contributed by atoms with Crippen LogP contribution in [0, 0.1) is 18.3 Å². The lowest BCUT2D eigenvalue weighted by Gasteiger charge is -2.00. The van der Waals surface area contributed by atoms with E-state index in [0.29, 0.717) is 11.3 Å². The lowest BCUT2D eigenvalue weighted by Crippen LogP contribution is -1.95. The van der Waals surface area contributed by atoms with Crippen molar-refractivity contribution in [3.63, 3.8) is 0 Å². The number of nitrogen functional groups attached to an aromatic ring is 1. The molecule has 0 spiro atoms. The van der Waals surface area contributed by atoms with Crippen molar-refractivity contribution in [2.24, 2.45) is 0 Å². The average molecular weight is 198 g/mol. The molecule has 0 saturated carbocycles. The highest BCUT2D eigenvalue weighted by Gasteiger charge is 2.03. The minimum absolute atomic E-state index is 0.610. The highest BCUT2D eigenvalue weighted by Crippen LogP contribution is 2.14. The minimum atomic E-state index is 0.610. The summed E-state index contributed by atoms with van der Waals surface area (Å²) >= 11 is 0. The van der Waals surface area contributed by atoms with Crippen molar-refractivity contribution in [2.45, 2.75) is 6.92 Å². The number of hydrogen-bond acceptors (Lipinski definition) is 3. The summed E-state index contributed by atoms with van der Waals surface area (Å²) in [6, 6.07) is 9.31. The molecule has 1 aromatic heterocycles. The summed E-state index contributed by atoms with van der Waals surface area (Å²) in [5, 5.41) is 13.0. The zero-order chi connectivity index (χ0) is 10.8. The molecule has 0 atom stereocenters. The first-order valence-corrected chi connectivity index (χ1v) is 4.53. The van der Waals surface area contributed by atoms with Crippen LogP contribution in [0.15, 0.2) is 30.5 Å². The van der Waals surface area contributed by atoms with Crippen LogP contribution >= 0.6 is 0 Å². The highest BCUT2D eigenvalue weighted by molar-refractivity contribution is 5.46. The molecule has 0 aliphatic carbocycles. The standard InChI is InChI=1S/C11H10N4/c1-8-11(13)7-15(14-8)10-4-2-3-9(5-10)6-12/h2-5,7H,13H2,1H3. The molecule has 1 heterocycles. The second-order valence-electron chi connectivity index (χ2n) is 3.28. The van der Waals surface area contributed by atoms with Crippen LogP contribution < -0.4 is 5.73 Å². The molecule has 0 bridgehead atoms. The Morgan fingerprint density at radius 1 is 1.47 bits per heavy atom. The first-order chi connectivity index (χ1) is 7.20. The first kappa shape index (κ1) is 9.28. The maximum atomic E-state index is 8.76. The molecule has 0 aliphatic heterocycles. The van der Waals surface area contributed by atoms with Crippen LogP contribution in [0.3, 0.4) is 0 Å². The van der Waals surface area contributed by atoms with Gasteiger partial charge in [0, 0.05) is 0 Å². The minimum Gasteiger partial charge on any atom is -0.396 e. The van der Waals surface area contributed by atoms with Crippen LogP contribution in [0.5, 0.6) is 0 Å². The molecule has 2 aromatic rings. The smallest absolute Gasteiger partial charge is 0.0992 e. The van der Waals surface area contributed by atoms with Gasteiger partial charge in [-0.1, -0.05) is 6.07 Å². The van der Waals surface area contributed by atoms with Crippen LogP contribution in [0.2, 0.25) is 0 Å². The van der Waals surface area contributed by atoms with E-state index < -0.39 is 0 Å². The van der Waals surface area contributed by atoms with Crippen molar-refractivity contribution in [2.75, 3.05) is 5.73 Å². The molecule has 15 heavy (non-hydrogen) atoms. The van der Waals surface area contributed by atoms with E-state index in [1.54, 1.807) is 23.0 Å². The summed E-state index contributed by atoms with van der Waals surface area (Å²) in [6.07, 6.45) is 1.74. The van der Waals surface area contributed by atoms with Gasteiger partial charge in [-0.25, -0.2) is 4.68 Å². The van der Waals surface area contributed by atoms with Gasteiger partial charge in [0.2, 0.25) is 0 Å². The number of anilines is 1. The molecule has 0 amide bonds. The van der Waals surface area contributed by atoms with E-state index in [4.69, 9.17) is 11.0 Å². The van der Waals surface area contributed by atoms with Crippen LogP contribution in [0.25, 0.3) is 5.69 Å². The Hall–Kier alpha value is -2.28. The Morgan fingerprint density at radius 3 is 2.87 bits per heavy atom. The molecule has 2 N–H and O–H groups in total. The molecular formula is C11H10N4. The fourth-order valence-corrected chi connectivity index (χ4v) is 1.32. The topological polar surface area (TPSA) is 67.6 Å². The molecule has 0 aliphatic rings. The number of nitrogens with two attached hydrogens (primary N) is 1. The molecular weight excluding hydrogens is 188 g/mol. The van der Waals surface area contributed by atoms with E-state index in [1.165, 1.54) is 0 Å². The summed E-state index contributed by atoms with van der Waals surface area (Å²) in [5.74, 6) is 0. The Labute approximate surface area is 87.6 Å². The molecule has 2 rings (SSSR count). The second-order valence-corrected chi connectivity index (χ2v) is 3.28. The summed E-state index contributed by atoms with van der Waals surface area (Å²) in [7, 11) is 0. The monoisotopic (exact) mass is 198 g/mol. The number of nitriles is 1. The van der Waals surface area contributed by atoms with E-state index in [0.717, 1.165) is 11.4 Å². The predicted molar refractivity (Wildman–Crippen MR) is 57.4 cm³/mol. The van der Waals surface area contributed by atoms with Gasteiger partial charge in [-0.2, -0.15) is 10.4 Å². The zero-order valence-electron chi connectivity index (χ0n) is 8.31. The molecule has 0 radical (unpaired) electrons. The Morgan fingerprint density at radius 2 is 2.27 bits per heavy atom. The van der Waals surface area contributed by atoms with Gasteiger partial charge in [0.05, 0.1) is 34.9 Å². The molecule has 4 heteroatoms. The number of rotatable bonds is 1. The number of aryl methyl sites for hydroxylation is 1. The molecule has 1 aromatic carbocycles. The van der Waals surface area contributed by atoms with Crippen molar-refractivity contribution in [3.05, 3.63) is 41.7 Å². The van der Waals surface area contributed by atoms with Crippen LogP contribution in [0.1, 0.15) is 11.3 Å². The van der Waals surface area contributed by atoms with Crippen molar-refractivity contribution in [1.29, 1.82) is 5.26 Å². The lowest BCUT2D eigenvalue weighted by atomic mass is 10.2. The largest absolute Gasteiger partial charge is 0.396 e. The predicted octanol–water partition coefficient (Wildman–Crippen LogP) is 1.63. The van der Waals surface area contributed by atoms with Crippen molar-refractivity contribution >= 4 is 5.69 Å². The Balaban J connectivity index is 2.50. The van der Waals surface area contributed by atoms with E-state index in [-0.39, 0.29) is 0 Å². The lowest BCUT2D eigenvalue weighted by molar-refractivity contribution is 0.862. The van der Waals surface area contributed by atoms with Gasteiger partial charge in [0.15, 0.2) is 0 Å². The van der Waals surface area contributed by atoms with E-state index in [9.17, 15) is 0 Å². The number of benzene rings is 1. The first-order valence-electron chi connectivity index (χ1n) is 4.53. The number of aromatic nitrogens is 2. The number of hydrogen-bond donors (Lipinski definition) is 1. The number of nitrogens with zero attached hydrogens (tertiary/aromatic N) is 3. The van der Waals surface area contributed by atoms with Gasteiger partial charge in [-0.05, 0) is 25.1 Å². The summed E-state index contributed by atoms with van der Waals surface area (Å²) in [6.45, 7) is 1.85. The zero-order valence-corrected chi connectivity index (χ0v) is 8.31. The Kier molecular flexibility index (Phi) is 2.14. The van der Waals surface area contributed by atoms with Crippen molar-refractivity contribution in [1.82, 2.24) is 9.78 Å². The van der Waals surface area contributed by atoms with Gasteiger partial charge in [-0.3, -0.25) is 0 Å². The normalized spacial score (nSPS) is 9.87. The summed E-state index contributed by atoms with van der Waals surface area (Å²) < 4.78 is 1.67. The molecule has 0 fully saturated rings. The molecule has 0 saturated heterocycles. The van der Waals surface area contributed by atoms with Gasteiger partial charge < -0.3 is 5.73 Å². The van der Waals surface area contributed by atoms with E-state index in [2.05, 4.69) is 11.2 Å². The third-order valence-corrected chi connectivity index (χ3v) is 2.18. The fourth-order valence-electron chi connectivity index (χ4n) is 1.32. The molecule has 74 valence electrons. The fraction of sp³-hybridized carbons (Fsp3) is 0.0909. The quantitative estimate of drug-likeness (QED) is 0.757. The maximum absolute atomic E-state index is 8.76. The molecule has 4 nitrogen and oxygen atoms in total. The molecule has 0 unspecified atom stereocenters. The van der Waals surface area contributed by atoms with E-state index >= 15 is 0 Å². The third kappa shape index (κ3) is 1.67. The van der Waals surface area contributed by atoms with Crippen LogP contribution in [-0.4, -0.2) is 9.78 Å². The summed E-state index contributed by atoms with van der Waals surface area (Å²) in [4.78, 5) is 0. The van der Waals surface area contributed by atoms with Crippen molar-refractivity contribution in [3.8, 4) is 11.8 Å². The average Bonchev–Trinajstić information content (AvgIpc) is 2.59. The Bertz CT molecular complexity index is 514. The van der Waals surface area contributed by atoms with Crippen LogP contribution in [-0.2, 0) is 0 Å². The SMILES string of the molecule is Cc1nn(-c2cccc(C#N)c2)cc1N. The van der Waals surface area contributed by atoms with E-state index in [1.807, 2.05) is 19.1 Å². The van der Waals surface area contributed by atoms with Crippen molar-refractivity contribution < 1.29 is 0 Å². The van der Waals surface area contributed by atoms with Crippen LogP contribution in [0.4, 0.5) is 5.69 Å². The highest BCUT2D eigenvalue weighted by atomic mass is 15.3. The summed E-state index contributed by atoms with van der Waals surface area (Å²) in [5.41, 5.74) is 8.59. The van der Waals surface area contributed by atoms with Gasteiger partial charge in [-0.15, -0.1) is 0 Å². The second kappa shape index (κ2) is 3.46. The van der Waals surface area contributed by atoms with Gasteiger partial charge >= 0.3 is 0 Å². The maximum Gasteiger partial charge on any atom is 0.0992 e.